The number of hydrogen-bond acceptors (Lipinski definition) is 3. The summed E-state index contributed by atoms with van der Waals surface area (Å²) >= 11 is 1.39. The van der Waals surface area contributed by atoms with E-state index in [0.717, 1.165) is 16.0 Å². The first-order valence-corrected chi connectivity index (χ1v) is 7.76. The van der Waals surface area contributed by atoms with Crippen molar-refractivity contribution >= 4 is 17.2 Å². The van der Waals surface area contributed by atoms with Crippen LogP contribution in [0.5, 0.6) is 0 Å². The van der Waals surface area contributed by atoms with E-state index >= 15 is 0 Å². The van der Waals surface area contributed by atoms with E-state index < -0.39 is 0 Å². The zero-order valence-corrected chi connectivity index (χ0v) is 13.6. The van der Waals surface area contributed by atoms with Gasteiger partial charge in [0.1, 0.15) is 5.82 Å². The van der Waals surface area contributed by atoms with Crippen molar-refractivity contribution in [2.24, 2.45) is 0 Å². The highest BCUT2D eigenvalue weighted by atomic mass is 32.1. The summed E-state index contributed by atoms with van der Waals surface area (Å²) in [6.45, 7) is 3.78. The van der Waals surface area contributed by atoms with Crippen LogP contribution in [0.3, 0.4) is 0 Å². The summed E-state index contributed by atoms with van der Waals surface area (Å²) in [7, 11) is 1.71. The van der Waals surface area contributed by atoms with E-state index in [9.17, 15) is 9.18 Å². The summed E-state index contributed by atoms with van der Waals surface area (Å²) in [5, 5.41) is 8.74. The third-order valence-corrected chi connectivity index (χ3v) is 4.88. The number of nitriles is 1. The maximum atomic E-state index is 13.0. The quantitative estimate of drug-likeness (QED) is 0.847. The Bertz CT molecular complexity index is 715. The first-order valence-electron chi connectivity index (χ1n) is 6.94. The molecule has 1 aromatic heterocycles. The van der Waals surface area contributed by atoms with Gasteiger partial charge in [0.15, 0.2) is 0 Å². The monoisotopic (exact) mass is 316 g/mol. The average molecular weight is 316 g/mol. The molecule has 0 saturated carbocycles. The van der Waals surface area contributed by atoms with Crippen molar-refractivity contribution in [1.29, 1.82) is 5.26 Å². The van der Waals surface area contributed by atoms with Gasteiger partial charge in [0.25, 0.3) is 5.91 Å². The van der Waals surface area contributed by atoms with Gasteiger partial charge in [-0.2, -0.15) is 5.26 Å². The fourth-order valence-electron chi connectivity index (χ4n) is 2.12. The lowest BCUT2D eigenvalue weighted by Gasteiger charge is -2.22. The lowest BCUT2D eigenvalue weighted by Crippen LogP contribution is -2.34. The zero-order chi connectivity index (χ0) is 16.3. The normalized spacial score (nSPS) is 11.8. The van der Waals surface area contributed by atoms with Crippen molar-refractivity contribution in [2.45, 2.75) is 26.3 Å². The summed E-state index contributed by atoms with van der Waals surface area (Å²) in [6, 6.07) is 10.0. The van der Waals surface area contributed by atoms with E-state index in [1.807, 2.05) is 19.9 Å². The van der Waals surface area contributed by atoms with E-state index in [1.54, 1.807) is 24.1 Å². The number of rotatable bonds is 4. The van der Waals surface area contributed by atoms with Crippen LogP contribution in [0, 0.1) is 24.1 Å². The van der Waals surface area contributed by atoms with Gasteiger partial charge < -0.3 is 4.90 Å². The molecule has 0 fully saturated rings. The van der Waals surface area contributed by atoms with Crippen LogP contribution in [0.1, 0.15) is 28.6 Å². The predicted molar refractivity (Wildman–Crippen MR) is 86.2 cm³/mol. The molecule has 22 heavy (non-hydrogen) atoms. The highest BCUT2D eigenvalue weighted by Crippen LogP contribution is 2.33. The topological polar surface area (TPSA) is 44.1 Å². The van der Waals surface area contributed by atoms with Gasteiger partial charge in [-0.1, -0.05) is 12.1 Å². The van der Waals surface area contributed by atoms with Crippen molar-refractivity contribution in [3.05, 3.63) is 46.6 Å². The molecule has 5 heteroatoms. The first-order chi connectivity index (χ1) is 10.4. The van der Waals surface area contributed by atoms with Gasteiger partial charge in [-0.3, -0.25) is 4.79 Å². The Morgan fingerprint density at radius 1 is 1.41 bits per heavy atom. The molecule has 0 aliphatic heterocycles. The Labute approximate surface area is 133 Å². The average Bonchev–Trinajstić information content (AvgIpc) is 2.88. The van der Waals surface area contributed by atoms with E-state index in [-0.39, 0.29) is 17.8 Å². The third-order valence-electron chi connectivity index (χ3n) is 3.60. The highest BCUT2D eigenvalue weighted by molar-refractivity contribution is 7.17. The molecule has 0 N–H and O–H groups in total. The van der Waals surface area contributed by atoms with Gasteiger partial charge in [0, 0.05) is 18.0 Å². The number of nitrogens with zero attached hydrogens (tertiary/aromatic N) is 2. The number of aryl methyl sites for hydroxylation is 1. The molecule has 2 aromatic rings. The van der Waals surface area contributed by atoms with Crippen LogP contribution in [-0.2, 0) is 0 Å². The van der Waals surface area contributed by atoms with E-state index in [4.69, 9.17) is 5.26 Å². The lowest BCUT2D eigenvalue weighted by atomic mass is 10.1. The van der Waals surface area contributed by atoms with Crippen LogP contribution in [0.25, 0.3) is 10.4 Å². The molecule has 0 bridgehead atoms. The Hall–Kier alpha value is -2.19. The minimum Gasteiger partial charge on any atom is -0.337 e. The summed E-state index contributed by atoms with van der Waals surface area (Å²) in [6.07, 6.45) is 0.303. The summed E-state index contributed by atoms with van der Waals surface area (Å²) in [5.74, 6) is -0.372. The summed E-state index contributed by atoms with van der Waals surface area (Å²) in [5.41, 5.74) is 1.89. The Balaban J connectivity index is 2.28. The van der Waals surface area contributed by atoms with Crippen LogP contribution < -0.4 is 0 Å². The van der Waals surface area contributed by atoms with E-state index in [1.165, 1.54) is 23.5 Å². The van der Waals surface area contributed by atoms with Crippen molar-refractivity contribution in [3.63, 3.8) is 0 Å². The second kappa shape index (κ2) is 6.71. The minimum absolute atomic E-state index is 0.0933. The molecular formula is C17H17FN2OS. The minimum atomic E-state index is -0.278. The number of thiophene rings is 1. The second-order valence-corrected chi connectivity index (χ2v) is 6.31. The molecule has 1 heterocycles. The first kappa shape index (κ1) is 16.2. The van der Waals surface area contributed by atoms with Crippen LogP contribution in [-0.4, -0.2) is 23.9 Å². The third kappa shape index (κ3) is 3.34. The molecule has 114 valence electrons. The predicted octanol–water partition coefficient (Wildman–Crippen LogP) is 4.24. The standard InChI is InChI=1S/C17H17FN2OS/c1-11-10-15(17(21)20(3)12(2)8-9-19)22-16(11)13-4-6-14(18)7-5-13/h4-7,10,12H,8H2,1-3H3. The molecule has 0 aliphatic rings. The largest absolute Gasteiger partial charge is 0.337 e. The zero-order valence-electron chi connectivity index (χ0n) is 12.8. The van der Waals surface area contributed by atoms with Crippen LogP contribution in [0.15, 0.2) is 30.3 Å². The molecule has 0 aliphatic carbocycles. The van der Waals surface area contributed by atoms with Crippen molar-refractivity contribution in [1.82, 2.24) is 4.90 Å². The van der Waals surface area contributed by atoms with Gasteiger partial charge in [-0.25, -0.2) is 4.39 Å². The number of carbonyl (C=O) groups is 1. The number of amides is 1. The maximum Gasteiger partial charge on any atom is 0.263 e. The van der Waals surface area contributed by atoms with E-state index in [2.05, 4.69) is 6.07 Å². The van der Waals surface area contributed by atoms with Crippen LogP contribution in [0.4, 0.5) is 4.39 Å². The summed E-state index contributed by atoms with van der Waals surface area (Å²) < 4.78 is 13.0. The smallest absolute Gasteiger partial charge is 0.263 e. The van der Waals surface area contributed by atoms with Crippen LogP contribution in [0.2, 0.25) is 0 Å². The fourth-order valence-corrected chi connectivity index (χ4v) is 3.28. The molecule has 1 atom stereocenters. The number of hydrogen-bond donors (Lipinski definition) is 0. The molecule has 2 rings (SSSR count). The number of carbonyl (C=O) groups excluding carboxylic acids is 1. The molecule has 1 amide bonds. The molecule has 0 saturated heterocycles. The van der Waals surface area contributed by atoms with Crippen molar-refractivity contribution in [3.8, 4) is 16.5 Å². The SMILES string of the molecule is Cc1cc(C(=O)N(C)C(C)CC#N)sc1-c1ccc(F)cc1. The fraction of sp³-hybridized carbons (Fsp3) is 0.294. The Morgan fingerprint density at radius 2 is 2.05 bits per heavy atom. The molecule has 1 aromatic carbocycles. The molecule has 0 radical (unpaired) electrons. The number of benzene rings is 1. The van der Waals surface area contributed by atoms with Gasteiger partial charge >= 0.3 is 0 Å². The molecule has 0 spiro atoms. The van der Waals surface area contributed by atoms with Gasteiger partial charge in [0.05, 0.1) is 17.4 Å². The molecule has 3 nitrogen and oxygen atoms in total. The lowest BCUT2D eigenvalue weighted by molar-refractivity contribution is 0.0751. The van der Waals surface area contributed by atoms with Crippen molar-refractivity contribution in [2.75, 3.05) is 7.05 Å². The number of halogens is 1. The van der Waals surface area contributed by atoms with E-state index in [0.29, 0.717) is 11.3 Å². The summed E-state index contributed by atoms with van der Waals surface area (Å²) in [4.78, 5) is 15.7. The molecular weight excluding hydrogens is 299 g/mol. The Kier molecular flexibility index (Phi) is 4.94. The molecule has 1 unspecified atom stereocenters. The maximum absolute atomic E-state index is 13.0. The van der Waals surface area contributed by atoms with Gasteiger partial charge in [-0.15, -0.1) is 11.3 Å². The van der Waals surface area contributed by atoms with Gasteiger partial charge in [-0.05, 0) is 43.2 Å². The highest BCUT2D eigenvalue weighted by Gasteiger charge is 2.20. The van der Waals surface area contributed by atoms with Crippen LogP contribution >= 0.6 is 11.3 Å². The second-order valence-electron chi connectivity index (χ2n) is 5.26. The van der Waals surface area contributed by atoms with Crippen molar-refractivity contribution < 1.29 is 9.18 Å². The van der Waals surface area contributed by atoms with Gasteiger partial charge in [0.2, 0.25) is 0 Å². The Morgan fingerprint density at radius 3 is 2.64 bits per heavy atom.